The van der Waals surface area contributed by atoms with Crippen LogP contribution >= 0.6 is 0 Å². The lowest BCUT2D eigenvalue weighted by Crippen LogP contribution is -2.41. The molecule has 1 aliphatic heterocycles. The standard InChI is InChI=1S/C18H33BO2/c1-8-11-13-16(15(10-3)12-9-2)14-19-20-17(4,5)18(6,7)21-19/h12,14H,8-11,13H2,1-7H3/b15-12-,16-14-. The molecule has 120 valence electrons. The summed E-state index contributed by atoms with van der Waals surface area (Å²) >= 11 is 0. The van der Waals surface area contributed by atoms with Crippen LogP contribution in [0.25, 0.3) is 0 Å². The van der Waals surface area contributed by atoms with Gasteiger partial charge in [0.05, 0.1) is 11.2 Å². The van der Waals surface area contributed by atoms with E-state index in [9.17, 15) is 0 Å². The van der Waals surface area contributed by atoms with Crippen LogP contribution in [0.2, 0.25) is 0 Å². The second-order valence-electron chi connectivity index (χ2n) is 6.91. The van der Waals surface area contributed by atoms with Crippen LogP contribution in [0.15, 0.2) is 23.2 Å². The Labute approximate surface area is 132 Å². The zero-order chi connectivity index (χ0) is 16.1. The molecule has 1 saturated heterocycles. The lowest BCUT2D eigenvalue weighted by Gasteiger charge is -2.32. The molecule has 0 bridgehead atoms. The van der Waals surface area contributed by atoms with E-state index in [0.717, 1.165) is 19.3 Å². The number of hydrogen-bond donors (Lipinski definition) is 0. The summed E-state index contributed by atoms with van der Waals surface area (Å²) in [5.74, 6) is 2.21. The maximum absolute atomic E-state index is 6.12. The summed E-state index contributed by atoms with van der Waals surface area (Å²) in [5, 5.41) is 0. The number of hydrogen-bond acceptors (Lipinski definition) is 2. The molecule has 0 N–H and O–H groups in total. The van der Waals surface area contributed by atoms with Crippen LogP contribution in [0.4, 0.5) is 0 Å². The fourth-order valence-electron chi connectivity index (χ4n) is 2.59. The summed E-state index contributed by atoms with van der Waals surface area (Å²) in [4.78, 5) is 0. The summed E-state index contributed by atoms with van der Waals surface area (Å²) in [7, 11) is -0.228. The molecule has 3 heteroatoms. The normalized spacial score (nSPS) is 22.0. The van der Waals surface area contributed by atoms with Crippen molar-refractivity contribution in [1.82, 2.24) is 0 Å². The van der Waals surface area contributed by atoms with Gasteiger partial charge in [0.1, 0.15) is 0 Å². The highest BCUT2D eigenvalue weighted by Crippen LogP contribution is 2.37. The SMILES string of the molecule is CC/C=C(CC)\C(=C/B1OC(C)(C)C(C)(C)O1)CCCC. The first kappa shape index (κ1) is 18.5. The van der Waals surface area contributed by atoms with E-state index in [1.165, 1.54) is 24.0 Å². The summed E-state index contributed by atoms with van der Waals surface area (Å²) in [6.07, 6.45) is 8.03. The molecule has 1 fully saturated rings. The molecule has 0 amide bonds. The minimum Gasteiger partial charge on any atom is -0.400 e. The Morgan fingerprint density at radius 1 is 0.952 bits per heavy atom. The first-order valence-electron chi connectivity index (χ1n) is 8.53. The van der Waals surface area contributed by atoms with E-state index in [4.69, 9.17) is 9.31 Å². The van der Waals surface area contributed by atoms with Crippen molar-refractivity contribution < 1.29 is 9.31 Å². The van der Waals surface area contributed by atoms with E-state index in [2.05, 4.69) is 60.5 Å². The van der Waals surface area contributed by atoms with Crippen LogP contribution in [0.3, 0.4) is 0 Å². The summed E-state index contributed by atoms with van der Waals surface area (Å²) in [6.45, 7) is 15.1. The third-order valence-corrected chi connectivity index (χ3v) is 4.65. The van der Waals surface area contributed by atoms with Gasteiger partial charge >= 0.3 is 7.12 Å². The van der Waals surface area contributed by atoms with Gasteiger partial charge < -0.3 is 9.31 Å². The summed E-state index contributed by atoms with van der Waals surface area (Å²) < 4.78 is 12.2. The average Bonchev–Trinajstić information content (AvgIpc) is 2.59. The van der Waals surface area contributed by atoms with Crippen molar-refractivity contribution in [3.05, 3.63) is 23.2 Å². The number of rotatable bonds is 7. The fraction of sp³-hybridized carbons (Fsp3) is 0.778. The van der Waals surface area contributed by atoms with Crippen molar-refractivity contribution in [2.75, 3.05) is 0 Å². The van der Waals surface area contributed by atoms with Crippen molar-refractivity contribution in [2.24, 2.45) is 0 Å². The van der Waals surface area contributed by atoms with E-state index in [-0.39, 0.29) is 18.3 Å². The Morgan fingerprint density at radius 2 is 1.52 bits per heavy atom. The Hall–Kier alpha value is -0.535. The van der Waals surface area contributed by atoms with E-state index < -0.39 is 0 Å². The van der Waals surface area contributed by atoms with Crippen LogP contribution in [0.5, 0.6) is 0 Å². The molecule has 1 aliphatic rings. The third kappa shape index (κ3) is 4.72. The van der Waals surface area contributed by atoms with Gasteiger partial charge in [0.15, 0.2) is 0 Å². The zero-order valence-corrected chi connectivity index (χ0v) is 15.1. The van der Waals surface area contributed by atoms with Gasteiger partial charge in [-0.1, -0.05) is 50.4 Å². The van der Waals surface area contributed by atoms with Gasteiger partial charge in [-0.05, 0) is 53.4 Å². The second-order valence-corrected chi connectivity index (χ2v) is 6.91. The highest BCUT2D eigenvalue weighted by atomic mass is 16.7. The molecule has 0 saturated carbocycles. The molecule has 1 rings (SSSR count). The Bertz CT molecular complexity index is 378. The molecule has 0 aromatic rings. The van der Waals surface area contributed by atoms with Gasteiger partial charge in [0.2, 0.25) is 0 Å². The smallest absolute Gasteiger partial charge is 0.400 e. The van der Waals surface area contributed by atoms with Crippen molar-refractivity contribution >= 4 is 7.12 Å². The quantitative estimate of drug-likeness (QED) is 0.457. The lowest BCUT2D eigenvalue weighted by molar-refractivity contribution is 0.00578. The molecule has 0 aromatic carbocycles. The van der Waals surface area contributed by atoms with Crippen LogP contribution in [0, 0.1) is 0 Å². The Morgan fingerprint density at radius 3 is 1.95 bits per heavy atom. The molecular weight excluding hydrogens is 259 g/mol. The van der Waals surface area contributed by atoms with E-state index in [1.54, 1.807) is 0 Å². The fourth-order valence-corrected chi connectivity index (χ4v) is 2.59. The van der Waals surface area contributed by atoms with Gasteiger partial charge in [-0.3, -0.25) is 0 Å². The van der Waals surface area contributed by atoms with Crippen molar-refractivity contribution in [3.8, 4) is 0 Å². The van der Waals surface area contributed by atoms with Crippen molar-refractivity contribution in [1.29, 1.82) is 0 Å². The highest BCUT2D eigenvalue weighted by molar-refractivity contribution is 6.52. The van der Waals surface area contributed by atoms with Gasteiger partial charge in [0, 0.05) is 0 Å². The minimum absolute atomic E-state index is 0.228. The van der Waals surface area contributed by atoms with E-state index in [1.807, 2.05) is 0 Å². The maximum Gasteiger partial charge on any atom is 0.487 e. The summed E-state index contributed by atoms with van der Waals surface area (Å²) in [5.41, 5.74) is 2.33. The second kappa shape index (κ2) is 7.64. The molecule has 2 nitrogen and oxygen atoms in total. The van der Waals surface area contributed by atoms with Gasteiger partial charge in [-0.25, -0.2) is 0 Å². The monoisotopic (exact) mass is 292 g/mol. The molecule has 0 radical (unpaired) electrons. The predicted octanol–water partition coefficient (Wildman–Crippen LogP) is 5.48. The van der Waals surface area contributed by atoms with Crippen LogP contribution in [-0.2, 0) is 9.31 Å². The average molecular weight is 292 g/mol. The highest BCUT2D eigenvalue weighted by Gasteiger charge is 2.50. The largest absolute Gasteiger partial charge is 0.487 e. The summed E-state index contributed by atoms with van der Waals surface area (Å²) in [6, 6.07) is 0. The number of allylic oxidation sites excluding steroid dienone is 3. The zero-order valence-electron chi connectivity index (χ0n) is 15.1. The van der Waals surface area contributed by atoms with Gasteiger partial charge in [-0.2, -0.15) is 0 Å². The van der Waals surface area contributed by atoms with E-state index >= 15 is 0 Å². The Kier molecular flexibility index (Phi) is 6.74. The molecule has 21 heavy (non-hydrogen) atoms. The predicted molar refractivity (Wildman–Crippen MR) is 92.4 cm³/mol. The first-order chi connectivity index (χ1) is 9.77. The van der Waals surface area contributed by atoms with Crippen molar-refractivity contribution in [2.45, 2.75) is 91.8 Å². The molecule has 0 aliphatic carbocycles. The molecule has 0 unspecified atom stereocenters. The molecule has 0 atom stereocenters. The van der Waals surface area contributed by atoms with Crippen LogP contribution in [0.1, 0.15) is 80.6 Å². The minimum atomic E-state index is -0.259. The van der Waals surface area contributed by atoms with Gasteiger partial charge in [-0.15, -0.1) is 0 Å². The third-order valence-electron chi connectivity index (χ3n) is 4.65. The van der Waals surface area contributed by atoms with E-state index in [0.29, 0.717) is 0 Å². The Balaban J connectivity index is 2.96. The topological polar surface area (TPSA) is 18.5 Å². The molecule has 1 heterocycles. The van der Waals surface area contributed by atoms with Crippen LogP contribution in [-0.4, -0.2) is 18.3 Å². The molecule has 0 spiro atoms. The first-order valence-corrected chi connectivity index (χ1v) is 8.53. The van der Waals surface area contributed by atoms with Gasteiger partial charge in [0.25, 0.3) is 0 Å². The number of unbranched alkanes of at least 4 members (excludes halogenated alkanes) is 1. The molecule has 0 aromatic heterocycles. The maximum atomic E-state index is 6.12. The molecular formula is C18H33BO2. The van der Waals surface area contributed by atoms with Crippen molar-refractivity contribution in [3.63, 3.8) is 0 Å². The van der Waals surface area contributed by atoms with Crippen LogP contribution < -0.4 is 0 Å². The lowest BCUT2D eigenvalue weighted by atomic mass is 9.82.